The monoisotopic (exact) mass is 173 g/mol. The highest BCUT2D eigenvalue weighted by atomic mass is 16.5. The van der Waals surface area contributed by atoms with Gasteiger partial charge in [-0.15, -0.1) is 0 Å². The van der Waals surface area contributed by atoms with E-state index in [-0.39, 0.29) is 0 Å². The molecule has 1 fully saturated rings. The molecule has 0 amide bonds. The van der Waals surface area contributed by atoms with E-state index in [2.05, 4.69) is 10.2 Å². The van der Waals surface area contributed by atoms with Gasteiger partial charge >= 0.3 is 0 Å². The van der Waals surface area contributed by atoms with Gasteiger partial charge in [-0.2, -0.15) is 0 Å². The molecule has 0 aliphatic carbocycles. The van der Waals surface area contributed by atoms with Crippen LogP contribution in [0, 0.1) is 0 Å². The fourth-order valence-electron chi connectivity index (χ4n) is 1.29. The van der Waals surface area contributed by atoms with Gasteiger partial charge in [-0.05, 0) is 0 Å². The first kappa shape index (κ1) is 9.92. The van der Waals surface area contributed by atoms with Gasteiger partial charge in [-0.3, -0.25) is 4.90 Å². The van der Waals surface area contributed by atoms with Crippen LogP contribution in [0.1, 0.15) is 0 Å². The van der Waals surface area contributed by atoms with E-state index in [4.69, 9.17) is 10.5 Å². The lowest BCUT2D eigenvalue weighted by Crippen LogP contribution is -2.40. The van der Waals surface area contributed by atoms with E-state index in [0.717, 1.165) is 52.5 Å². The van der Waals surface area contributed by atoms with Crippen LogP contribution in [0.3, 0.4) is 0 Å². The maximum Gasteiger partial charge on any atom is 0.0594 e. The maximum absolute atomic E-state index is 5.35. The molecule has 0 spiro atoms. The Balaban J connectivity index is 1.91. The zero-order valence-electron chi connectivity index (χ0n) is 7.59. The highest BCUT2D eigenvalue weighted by molar-refractivity contribution is 4.62. The Hall–Kier alpha value is -0.160. The van der Waals surface area contributed by atoms with Crippen molar-refractivity contribution in [1.82, 2.24) is 10.2 Å². The quantitative estimate of drug-likeness (QED) is 0.516. The molecule has 0 atom stereocenters. The predicted molar refractivity (Wildman–Crippen MR) is 49.2 cm³/mol. The Kier molecular flexibility index (Phi) is 5.27. The normalized spacial score (nSPS) is 19.8. The van der Waals surface area contributed by atoms with Gasteiger partial charge < -0.3 is 15.8 Å². The predicted octanol–water partition coefficient (Wildman–Crippen LogP) is -1.13. The zero-order valence-corrected chi connectivity index (χ0v) is 7.59. The molecule has 72 valence electrons. The van der Waals surface area contributed by atoms with Crippen LogP contribution in [-0.2, 0) is 4.74 Å². The van der Waals surface area contributed by atoms with Gasteiger partial charge in [-0.1, -0.05) is 0 Å². The third-order valence-corrected chi connectivity index (χ3v) is 2.03. The average Bonchev–Trinajstić information content (AvgIpc) is 2.14. The van der Waals surface area contributed by atoms with Crippen LogP contribution in [0.15, 0.2) is 0 Å². The molecule has 1 aliphatic heterocycles. The second-order valence-corrected chi connectivity index (χ2v) is 2.99. The molecule has 1 rings (SSSR count). The Morgan fingerprint density at radius 1 is 1.25 bits per heavy atom. The summed E-state index contributed by atoms with van der Waals surface area (Å²) in [5, 5.41) is 3.27. The fraction of sp³-hybridized carbons (Fsp3) is 1.00. The lowest BCUT2D eigenvalue weighted by Gasteiger charge is -2.26. The van der Waals surface area contributed by atoms with Gasteiger partial charge in [0, 0.05) is 39.3 Å². The highest BCUT2D eigenvalue weighted by Gasteiger charge is 2.08. The molecule has 4 heteroatoms. The maximum atomic E-state index is 5.35. The third kappa shape index (κ3) is 4.01. The molecule has 0 radical (unpaired) electrons. The van der Waals surface area contributed by atoms with E-state index in [9.17, 15) is 0 Å². The topological polar surface area (TPSA) is 50.5 Å². The molecule has 0 bridgehead atoms. The van der Waals surface area contributed by atoms with Gasteiger partial charge in [0.25, 0.3) is 0 Å². The van der Waals surface area contributed by atoms with Crippen molar-refractivity contribution in [2.75, 3.05) is 52.5 Å². The Morgan fingerprint density at radius 3 is 2.67 bits per heavy atom. The summed E-state index contributed by atoms with van der Waals surface area (Å²) in [4.78, 5) is 2.41. The zero-order chi connectivity index (χ0) is 8.65. The summed E-state index contributed by atoms with van der Waals surface area (Å²) in [6.07, 6.45) is 0. The van der Waals surface area contributed by atoms with Crippen molar-refractivity contribution in [3.63, 3.8) is 0 Å². The summed E-state index contributed by atoms with van der Waals surface area (Å²) in [7, 11) is 0. The number of rotatable bonds is 5. The van der Waals surface area contributed by atoms with E-state index >= 15 is 0 Å². The third-order valence-electron chi connectivity index (χ3n) is 2.03. The molecular weight excluding hydrogens is 154 g/mol. The van der Waals surface area contributed by atoms with Crippen LogP contribution < -0.4 is 11.1 Å². The first-order chi connectivity index (χ1) is 5.93. The van der Waals surface area contributed by atoms with Crippen LogP contribution in [0.4, 0.5) is 0 Å². The number of nitrogens with one attached hydrogen (secondary N) is 1. The summed E-state index contributed by atoms with van der Waals surface area (Å²) in [5.74, 6) is 0. The summed E-state index contributed by atoms with van der Waals surface area (Å²) in [6.45, 7) is 7.72. The fourth-order valence-corrected chi connectivity index (χ4v) is 1.29. The van der Waals surface area contributed by atoms with Crippen molar-refractivity contribution >= 4 is 0 Å². The van der Waals surface area contributed by atoms with Crippen LogP contribution in [0.2, 0.25) is 0 Å². The van der Waals surface area contributed by atoms with Gasteiger partial charge in [0.1, 0.15) is 0 Å². The molecule has 0 unspecified atom stereocenters. The summed E-state index contributed by atoms with van der Waals surface area (Å²) in [5.41, 5.74) is 5.35. The molecule has 0 aromatic carbocycles. The number of hydrogen-bond donors (Lipinski definition) is 2. The number of hydrogen-bond acceptors (Lipinski definition) is 4. The van der Waals surface area contributed by atoms with Crippen LogP contribution >= 0.6 is 0 Å². The van der Waals surface area contributed by atoms with Crippen LogP contribution in [0.25, 0.3) is 0 Å². The standard InChI is InChI=1S/C8H19N3O/c9-1-2-10-3-4-11-5-7-12-8-6-11/h10H,1-9H2. The minimum Gasteiger partial charge on any atom is -0.379 e. The van der Waals surface area contributed by atoms with Crippen molar-refractivity contribution in [2.24, 2.45) is 5.73 Å². The molecule has 0 aromatic rings. The lowest BCUT2D eigenvalue weighted by molar-refractivity contribution is 0.0385. The summed E-state index contributed by atoms with van der Waals surface area (Å²) < 4.78 is 5.25. The van der Waals surface area contributed by atoms with Gasteiger partial charge in [0.05, 0.1) is 13.2 Å². The van der Waals surface area contributed by atoms with Crippen molar-refractivity contribution in [3.8, 4) is 0 Å². The van der Waals surface area contributed by atoms with Gasteiger partial charge in [0.15, 0.2) is 0 Å². The second kappa shape index (κ2) is 6.37. The lowest BCUT2D eigenvalue weighted by atomic mass is 10.4. The molecule has 4 nitrogen and oxygen atoms in total. The van der Waals surface area contributed by atoms with Crippen molar-refractivity contribution in [2.45, 2.75) is 0 Å². The van der Waals surface area contributed by atoms with E-state index in [1.54, 1.807) is 0 Å². The molecule has 0 aromatic heterocycles. The molecule has 1 aliphatic rings. The molecule has 1 saturated heterocycles. The largest absolute Gasteiger partial charge is 0.379 e. The first-order valence-corrected chi connectivity index (χ1v) is 4.64. The Labute approximate surface area is 74.1 Å². The van der Waals surface area contributed by atoms with E-state index in [1.165, 1.54) is 0 Å². The Morgan fingerprint density at radius 2 is 2.00 bits per heavy atom. The number of ether oxygens (including phenoxy) is 1. The van der Waals surface area contributed by atoms with Crippen LogP contribution in [0.5, 0.6) is 0 Å². The van der Waals surface area contributed by atoms with E-state index < -0.39 is 0 Å². The molecule has 3 N–H and O–H groups in total. The molecule has 0 saturated carbocycles. The van der Waals surface area contributed by atoms with Gasteiger partial charge in [0.2, 0.25) is 0 Å². The Bertz CT molecular complexity index is 104. The number of morpholine rings is 1. The smallest absolute Gasteiger partial charge is 0.0594 e. The second-order valence-electron chi connectivity index (χ2n) is 2.99. The minimum absolute atomic E-state index is 0.725. The SMILES string of the molecule is NCCNCCN1CCOCC1. The van der Waals surface area contributed by atoms with E-state index in [0.29, 0.717) is 0 Å². The van der Waals surface area contributed by atoms with Crippen molar-refractivity contribution < 1.29 is 4.74 Å². The molecule has 1 heterocycles. The summed E-state index contributed by atoms with van der Waals surface area (Å²) in [6, 6.07) is 0. The van der Waals surface area contributed by atoms with Crippen molar-refractivity contribution in [1.29, 1.82) is 0 Å². The van der Waals surface area contributed by atoms with Gasteiger partial charge in [-0.25, -0.2) is 0 Å². The van der Waals surface area contributed by atoms with E-state index in [1.807, 2.05) is 0 Å². The average molecular weight is 173 g/mol. The van der Waals surface area contributed by atoms with Crippen molar-refractivity contribution in [3.05, 3.63) is 0 Å². The summed E-state index contributed by atoms with van der Waals surface area (Å²) >= 11 is 0. The number of nitrogens with zero attached hydrogens (tertiary/aromatic N) is 1. The highest BCUT2D eigenvalue weighted by Crippen LogP contribution is 1.94. The molecular formula is C8H19N3O. The first-order valence-electron chi connectivity index (χ1n) is 4.64. The number of nitrogens with two attached hydrogens (primary N) is 1. The molecule has 12 heavy (non-hydrogen) atoms. The minimum atomic E-state index is 0.725. The van der Waals surface area contributed by atoms with Crippen LogP contribution in [-0.4, -0.2) is 57.4 Å².